The fraction of sp³-hybridized carbons (Fsp3) is 0.353. The van der Waals surface area contributed by atoms with Gasteiger partial charge in [-0.15, -0.1) is 11.3 Å². The van der Waals surface area contributed by atoms with Crippen LogP contribution in [-0.4, -0.2) is 29.1 Å². The van der Waals surface area contributed by atoms with Gasteiger partial charge in [0.25, 0.3) is 0 Å². The number of esters is 1. The minimum Gasteiger partial charge on any atom is -0.453 e. The summed E-state index contributed by atoms with van der Waals surface area (Å²) in [6.45, 7) is 8.33. The maximum Gasteiger partial charge on any atom is 0.355 e. The molecule has 122 valence electrons. The molecule has 0 saturated heterocycles. The van der Waals surface area contributed by atoms with E-state index in [1.807, 2.05) is 13.8 Å². The van der Waals surface area contributed by atoms with Crippen LogP contribution in [0.25, 0.3) is 0 Å². The van der Waals surface area contributed by atoms with Crippen molar-refractivity contribution in [3.8, 4) is 0 Å². The topological polar surface area (TPSA) is 76.2 Å². The molecule has 2 heterocycles. The number of ether oxygens (including phenoxy) is 1. The molecule has 5 nitrogen and oxygen atoms in total. The number of hydrogen-bond acceptors (Lipinski definition) is 5. The van der Waals surface area contributed by atoms with E-state index < -0.39 is 5.97 Å². The zero-order valence-electron chi connectivity index (χ0n) is 13.8. The van der Waals surface area contributed by atoms with E-state index in [4.69, 9.17) is 4.74 Å². The van der Waals surface area contributed by atoms with Gasteiger partial charge in [0.15, 0.2) is 12.4 Å². The summed E-state index contributed by atoms with van der Waals surface area (Å²) >= 11 is 1.53. The van der Waals surface area contributed by atoms with Gasteiger partial charge in [-0.05, 0) is 46.2 Å². The number of carbonyl (C=O) groups excluding carboxylic acids is 3. The number of thiophene rings is 1. The van der Waals surface area contributed by atoms with Crippen LogP contribution in [0, 0.1) is 27.7 Å². The average Bonchev–Trinajstić information content (AvgIpc) is 2.94. The number of aryl methyl sites for hydroxylation is 3. The maximum atomic E-state index is 12.2. The highest BCUT2D eigenvalue weighted by Gasteiger charge is 2.22. The smallest absolute Gasteiger partial charge is 0.355 e. The van der Waals surface area contributed by atoms with E-state index in [1.165, 1.54) is 18.3 Å². The Morgan fingerprint density at radius 2 is 1.83 bits per heavy atom. The fourth-order valence-corrected chi connectivity index (χ4v) is 3.61. The highest BCUT2D eigenvalue weighted by atomic mass is 32.1. The molecule has 0 aromatic carbocycles. The lowest BCUT2D eigenvalue weighted by Crippen LogP contribution is -2.15. The second kappa shape index (κ2) is 6.50. The van der Waals surface area contributed by atoms with E-state index in [2.05, 4.69) is 4.98 Å². The molecule has 2 rings (SSSR count). The lowest BCUT2D eigenvalue weighted by Gasteiger charge is -2.04. The van der Waals surface area contributed by atoms with Crippen molar-refractivity contribution in [1.82, 2.24) is 4.98 Å². The highest BCUT2D eigenvalue weighted by molar-refractivity contribution is 7.12. The van der Waals surface area contributed by atoms with E-state index in [0.29, 0.717) is 22.4 Å². The van der Waals surface area contributed by atoms with Crippen molar-refractivity contribution in [3.05, 3.63) is 43.9 Å². The first-order valence-electron chi connectivity index (χ1n) is 7.19. The number of rotatable bonds is 5. The molecule has 0 saturated carbocycles. The van der Waals surface area contributed by atoms with Crippen LogP contribution >= 0.6 is 11.3 Å². The Labute approximate surface area is 138 Å². The summed E-state index contributed by atoms with van der Waals surface area (Å²) in [6, 6.07) is 1.80. The van der Waals surface area contributed by atoms with Crippen LogP contribution < -0.4 is 0 Å². The van der Waals surface area contributed by atoms with Gasteiger partial charge in [0.2, 0.25) is 5.78 Å². The zero-order valence-corrected chi connectivity index (χ0v) is 14.6. The largest absolute Gasteiger partial charge is 0.453 e. The van der Waals surface area contributed by atoms with Crippen molar-refractivity contribution in [3.63, 3.8) is 0 Å². The van der Waals surface area contributed by atoms with Gasteiger partial charge in [-0.3, -0.25) is 9.59 Å². The number of Topliss-reactive ketones (excluding diaryl/α,β-unsaturated/α-hetero) is 2. The third-order valence-electron chi connectivity index (χ3n) is 3.67. The molecule has 0 aliphatic rings. The normalized spacial score (nSPS) is 10.7. The molecule has 1 N–H and O–H groups in total. The van der Waals surface area contributed by atoms with Crippen molar-refractivity contribution in [1.29, 1.82) is 0 Å². The van der Waals surface area contributed by atoms with Crippen LogP contribution in [-0.2, 0) is 4.74 Å². The van der Waals surface area contributed by atoms with Gasteiger partial charge in [-0.25, -0.2) is 4.79 Å². The molecule has 2 aromatic heterocycles. The third-order valence-corrected chi connectivity index (χ3v) is 4.64. The second-order valence-corrected chi connectivity index (χ2v) is 6.97. The quantitative estimate of drug-likeness (QED) is 0.670. The first kappa shape index (κ1) is 17.1. The molecule has 23 heavy (non-hydrogen) atoms. The lowest BCUT2D eigenvalue weighted by atomic mass is 10.1. The Hall–Kier alpha value is -2.21. The predicted octanol–water partition coefficient (Wildman–Crippen LogP) is 3.55. The van der Waals surface area contributed by atoms with Gasteiger partial charge in [0.05, 0.1) is 0 Å². The van der Waals surface area contributed by atoms with Crippen molar-refractivity contribution < 1.29 is 19.1 Å². The summed E-state index contributed by atoms with van der Waals surface area (Å²) in [7, 11) is 0. The summed E-state index contributed by atoms with van der Waals surface area (Å²) in [4.78, 5) is 40.7. The molecule has 0 bridgehead atoms. The van der Waals surface area contributed by atoms with Crippen LogP contribution in [0.2, 0.25) is 0 Å². The molecule has 0 fully saturated rings. The van der Waals surface area contributed by atoms with Gasteiger partial charge in [-0.1, -0.05) is 0 Å². The first-order valence-corrected chi connectivity index (χ1v) is 8.01. The van der Waals surface area contributed by atoms with Gasteiger partial charge in [-0.2, -0.15) is 0 Å². The molecule has 0 amide bonds. The Bertz CT molecular complexity index is 798. The molecule has 0 aliphatic heterocycles. The molecule has 0 radical (unpaired) electrons. The number of hydrogen-bond donors (Lipinski definition) is 1. The van der Waals surface area contributed by atoms with Crippen molar-refractivity contribution in [2.75, 3.05) is 6.61 Å². The molecular formula is C17H19NO4S. The van der Waals surface area contributed by atoms with Gasteiger partial charge < -0.3 is 9.72 Å². The van der Waals surface area contributed by atoms with E-state index in [0.717, 1.165) is 9.75 Å². The van der Waals surface area contributed by atoms with Crippen LogP contribution in [0.4, 0.5) is 0 Å². The minimum atomic E-state index is -0.629. The highest BCUT2D eigenvalue weighted by Crippen LogP contribution is 2.22. The number of carbonyl (C=O) groups is 3. The number of nitrogens with one attached hydrogen (secondary N) is 1. The van der Waals surface area contributed by atoms with Crippen LogP contribution in [0.15, 0.2) is 6.07 Å². The molecule has 0 aliphatic carbocycles. The molecule has 6 heteroatoms. The number of aromatic amines is 1. The predicted molar refractivity (Wildman–Crippen MR) is 88.7 cm³/mol. The number of H-pyrrole nitrogens is 1. The van der Waals surface area contributed by atoms with Crippen molar-refractivity contribution in [2.24, 2.45) is 0 Å². The Morgan fingerprint density at radius 3 is 2.30 bits per heavy atom. The Morgan fingerprint density at radius 1 is 1.17 bits per heavy atom. The van der Waals surface area contributed by atoms with E-state index >= 15 is 0 Å². The van der Waals surface area contributed by atoms with Crippen molar-refractivity contribution >= 4 is 28.9 Å². The van der Waals surface area contributed by atoms with Gasteiger partial charge in [0.1, 0.15) is 5.69 Å². The second-order valence-electron chi connectivity index (χ2n) is 5.51. The number of aromatic nitrogens is 1. The first-order chi connectivity index (χ1) is 10.7. The summed E-state index contributed by atoms with van der Waals surface area (Å²) in [6.07, 6.45) is 0. The molecule has 0 atom stereocenters. The SMILES string of the molecule is CC(=O)c1c(C)[nH]c(C(=O)OCC(=O)c2cc(C)sc2C)c1C. The standard InChI is InChI=1S/C17H19NO4S/c1-8-6-13(12(5)23-8)14(20)7-22-17(21)16-9(2)15(11(4)19)10(3)18-16/h6,18H,7H2,1-5H3. The zero-order chi connectivity index (χ0) is 17.3. The Kier molecular flexibility index (Phi) is 4.85. The molecule has 2 aromatic rings. The maximum absolute atomic E-state index is 12.2. The molecular weight excluding hydrogens is 314 g/mol. The number of ketones is 2. The van der Waals surface area contributed by atoms with E-state index in [-0.39, 0.29) is 23.9 Å². The van der Waals surface area contributed by atoms with Crippen LogP contribution in [0.5, 0.6) is 0 Å². The van der Waals surface area contributed by atoms with Crippen LogP contribution in [0.1, 0.15) is 59.1 Å². The molecule has 0 spiro atoms. The van der Waals surface area contributed by atoms with Gasteiger partial charge >= 0.3 is 5.97 Å². The fourth-order valence-electron chi connectivity index (χ4n) is 2.67. The summed E-state index contributed by atoms with van der Waals surface area (Å²) in [5.74, 6) is -0.972. The average molecular weight is 333 g/mol. The summed E-state index contributed by atoms with van der Waals surface area (Å²) < 4.78 is 5.11. The van der Waals surface area contributed by atoms with E-state index in [9.17, 15) is 14.4 Å². The third kappa shape index (κ3) is 3.42. The van der Waals surface area contributed by atoms with Crippen LogP contribution in [0.3, 0.4) is 0 Å². The monoisotopic (exact) mass is 333 g/mol. The van der Waals surface area contributed by atoms with Crippen molar-refractivity contribution in [2.45, 2.75) is 34.6 Å². The van der Waals surface area contributed by atoms with E-state index in [1.54, 1.807) is 19.9 Å². The Balaban J connectivity index is 2.11. The minimum absolute atomic E-state index is 0.115. The lowest BCUT2D eigenvalue weighted by molar-refractivity contribution is 0.0468. The molecule has 0 unspecified atom stereocenters. The summed E-state index contributed by atoms with van der Waals surface area (Å²) in [5, 5.41) is 0. The van der Waals surface area contributed by atoms with Gasteiger partial charge in [0, 0.05) is 26.6 Å². The summed E-state index contributed by atoms with van der Waals surface area (Å²) in [5.41, 5.74) is 2.48.